The molecule has 2 N–H and O–H groups in total. The molecule has 1 heterocycles. The molecule has 6 heteroatoms. The van der Waals surface area contributed by atoms with E-state index in [1.165, 1.54) is 0 Å². The number of rotatable bonds is 7. The van der Waals surface area contributed by atoms with Crippen molar-refractivity contribution < 1.29 is 14.0 Å². The Morgan fingerprint density at radius 1 is 0.806 bits per heavy atom. The number of carbonyl (C=O) groups excluding carboxylic acids is 2. The van der Waals surface area contributed by atoms with Crippen molar-refractivity contribution in [1.82, 2.24) is 4.98 Å². The molecule has 154 valence electrons. The Kier molecular flexibility index (Phi) is 6.18. The highest BCUT2D eigenvalue weighted by molar-refractivity contribution is 6.04. The number of aromatic nitrogens is 1. The Bertz CT molecular complexity index is 1170. The molecule has 0 atom stereocenters. The van der Waals surface area contributed by atoms with Crippen LogP contribution in [0, 0.1) is 0 Å². The summed E-state index contributed by atoms with van der Waals surface area (Å²) in [6.45, 7) is 0. The molecule has 3 aromatic carbocycles. The van der Waals surface area contributed by atoms with Crippen LogP contribution in [0.25, 0.3) is 11.3 Å². The van der Waals surface area contributed by atoms with E-state index in [1.54, 1.807) is 42.6 Å². The third kappa shape index (κ3) is 5.45. The molecule has 4 rings (SSSR count). The Morgan fingerprint density at radius 2 is 1.48 bits per heavy atom. The zero-order chi connectivity index (χ0) is 21.5. The monoisotopic (exact) mass is 411 g/mol. The molecule has 0 unspecified atom stereocenters. The Morgan fingerprint density at radius 3 is 2.23 bits per heavy atom. The molecule has 0 aliphatic heterocycles. The lowest BCUT2D eigenvalue weighted by Gasteiger charge is -2.09. The molecule has 0 spiro atoms. The molecule has 2 amide bonds. The lowest BCUT2D eigenvalue weighted by Crippen LogP contribution is -2.14. The van der Waals surface area contributed by atoms with Crippen LogP contribution in [-0.2, 0) is 11.2 Å². The van der Waals surface area contributed by atoms with Gasteiger partial charge in [-0.2, -0.15) is 0 Å². The number of nitrogens with zero attached hydrogens (tertiary/aromatic N) is 1. The molecule has 0 aliphatic rings. The van der Waals surface area contributed by atoms with Crippen LogP contribution in [-0.4, -0.2) is 16.8 Å². The first kappa shape index (κ1) is 20.1. The van der Waals surface area contributed by atoms with Crippen molar-refractivity contribution in [2.45, 2.75) is 12.8 Å². The second-order valence-electron chi connectivity index (χ2n) is 6.93. The minimum atomic E-state index is -0.206. The van der Waals surface area contributed by atoms with E-state index < -0.39 is 0 Å². The Hall–Kier alpha value is -4.19. The minimum Gasteiger partial charge on any atom is -0.441 e. The fourth-order valence-corrected chi connectivity index (χ4v) is 3.07. The molecule has 6 nitrogen and oxygen atoms in total. The van der Waals surface area contributed by atoms with Crippen molar-refractivity contribution in [2.75, 3.05) is 10.6 Å². The van der Waals surface area contributed by atoms with Gasteiger partial charge in [0, 0.05) is 35.3 Å². The van der Waals surface area contributed by atoms with Gasteiger partial charge in [0.2, 0.25) is 5.91 Å². The third-order valence-electron chi connectivity index (χ3n) is 4.62. The molecule has 0 aliphatic carbocycles. The lowest BCUT2D eigenvalue weighted by atomic mass is 10.2. The normalized spacial score (nSPS) is 10.5. The van der Waals surface area contributed by atoms with Gasteiger partial charge in [-0.3, -0.25) is 9.59 Å². The van der Waals surface area contributed by atoms with Gasteiger partial charge in [0.1, 0.15) is 0 Å². The molecule has 0 radical (unpaired) electrons. The van der Waals surface area contributed by atoms with Gasteiger partial charge < -0.3 is 15.1 Å². The quantitative estimate of drug-likeness (QED) is 0.440. The van der Waals surface area contributed by atoms with Crippen molar-refractivity contribution in [2.24, 2.45) is 0 Å². The standard InChI is InChI=1S/C25H21N3O3/c29-23(14-15-24-26-17-22(31-24)18-8-3-1-4-9-18)27-20-12-7-13-21(16-20)28-25(30)19-10-5-2-6-11-19/h1-13,16-17H,14-15H2,(H,27,29)(H,28,30). The second kappa shape index (κ2) is 9.54. The number of anilines is 2. The second-order valence-corrected chi connectivity index (χ2v) is 6.93. The van der Waals surface area contributed by atoms with Crippen LogP contribution < -0.4 is 10.6 Å². The molecular formula is C25H21N3O3. The number of benzene rings is 3. The largest absolute Gasteiger partial charge is 0.441 e. The molecule has 31 heavy (non-hydrogen) atoms. The number of hydrogen-bond acceptors (Lipinski definition) is 4. The molecular weight excluding hydrogens is 390 g/mol. The van der Waals surface area contributed by atoms with E-state index in [0.717, 1.165) is 5.56 Å². The summed E-state index contributed by atoms with van der Waals surface area (Å²) >= 11 is 0. The smallest absolute Gasteiger partial charge is 0.255 e. The number of aryl methyl sites for hydroxylation is 1. The molecule has 0 bridgehead atoms. The maximum atomic E-state index is 12.3. The average molecular weight is 411 g/mol. The van der Waals surface area contributed by atoms with Crippen molar-refractivity contribution in [1.29, 1.82) is 0 Å². The third-order valence-corrected chi connectivity index (χ3v) is 4.62. The highest BCUT2D eigenvalue weighted by Crippen LogP contribution is 2.21. The van der Waals surface area contributed by atoms with Crippen LogP contribution in [0.15, 0.2) is 95.5 Å². The highest BCUT2D eigenvalue weighted by Gasteiger charge is 2.10. The number of hydrogen-bond donors (Lipinski definition) is 2. The van der Waals surface area contributed by atoms with Crippen LogP contribution in [0.4, 0.5) is 11.4 Å². The zero-order valence-corrected chi connectivity index (χ0v) is 16.7. The van der Waals surface area contributed by atoms with E-state index in [1.807, 2.05) is 48.5 Å². The molecule has 4 aromatic rings. The summed E-state index contributed by atoms with van der Waals surface area (Å²) in [6, 6.07) is 25.7. The van der Waals surface area contributed by atoms with Crippen LogP contribution in [0.2, 0.25) is 0 Å². The van der Waals surface area contributed by atoms with E-state index >= 15 is 0 Å². The van der Waals surface area contributed by atoms with Gasteiger partial charge in [-0.05, 0) is 30.3 Å². The summed E-state index contributed by atoms with van der Waals surface area (Å²) in [5, 5.41) is 5.68. The van der Waals surface area contributed by atoms with Gasteiger partial charge in [-0.15, -0.1) is 0 Å². The Labute approximate surface area is 179 Å². The molecule has 1 aromatic heterocycles. The van der Waals surface area contributed by atoms with Crippen LogP contribution >= 0.6 is 0 Å². The van der Waals surface area contributed by atoms with Gasteiger partial charge in [-0.1, -0.05) is 54.6 Å². The number of amides is 2. The summed E-state index contributed by atoms with van der Waals surface area (Å²) in [5.74, 6) is 0.823. The van der Waals surface area contributed by atoms with Gasteiger partial charge in [-0.25, -0.2) is 4.98 Å². The molecule has 0 saturated carbocycles. The summed E-state index contributed by atoms with van der Waals surface area (Å²) in [7, 11) is 0. The zero-order valence-electron chi connectivity index (χ0n) is 16.7. The Balaban J connectivity index is 1.31. The van der Waals surface area contributed by atoms with E-state index in [9.17, 15) is 9.59 Å². The summed E-state index contributed by atoms with van der Waals surface area (Å²) in [6.07, 6.45) is 2.29. The summed E-state index contributed by atoms with van der Waals surface area (Å²) in [5.41, 5.74) is 2.72. The molecule has 0 fully saturated rings. The SMILES string of the molecule is O=C(CCc1ncc(-c2ccccc2)o1)Nc1cccc(NC(=O)c2ccccc2)c1. The minimum absolute atomic E-state index is 0.161. The van der Waals surface area contributed by atoms with Crippen LogP contribution in [0.5, 0.6) is 0 Å². The first-order valence-corrected chi connectivity index (χ1v) is 9.94. The first-order valence-electron chi connectivity index (χ1n) is 9.94. The van der Waals surface area contributed by atoms with E-state index in [-0.39, 0.29) is 18.2 Å². The fourth-order valence-electron chi connectivity index (χ4n) is 3.07. The van der Waals surface area contributed by atoms with Gasteiger partial charge in [0.15, 0.2) is 11.7 Å². The number of nitrogens with one attached hydrogen (secondary N) is 2. The highest BCUT2D eigenvalue weighted by atomic mass is 16.4. The molecule has 0 saturated heterocycles. The van der Waals surface area contributed by atoms with Crippen molar-refractivity contribution in [3.63, 3.8) is 0 Å². The van der Waals surface area contributed by atoms with Crippen LogP contribution in [0.3, 0.4) is 0 Å². The fraction of sp³-hybridized carbons (Fsp3) is 0.0800. The van der Waals surface area contributed by atoms with E-state index in [4.69, 9.17) is 4.42 Å². The first-order chi connectivity index (χ1) is 15.2. The van der Waals surface area contributed by atoms with Crippen molar-refractivity contribution in [3.8, 4) is 11.3 Å². The van der Waals surface area contributed by atoms with E-state index in [2.05, 4.69) is 15.6 Å². The summed E-state index contributed by atoms with van der Waals surface area (Å²) < 4.78 is 5.74. The van der Waals surface area contributed by atoms with Gasteiger partial charge in [0.25, 0.3) is 5.91 Å². The lowest BCUT2D eigenvalue weighted by molar-refractivity contribution is -0.116. The number of oxazole rings is 1. The van der Waals surface area contributed by atoms with Crippen LogP contribution in [0.1, 0.15) is 22.7 Å². The van der Waals surface area contributed by atoms with E-state index in [0.29, 0.717) is 35.0 Å². The van der Waals surface area contributed by atoms with Crippen molar-refractivity contribution >= 4 is 23.2 Å². The topological polar surface area (TPSA) is 84.2 Å². The van der Waals surface area contributed by atoms with Gasteiger partial charge >= 0.3 is 0 Å². The van der Waals surface area contributed by atoms with Crippen molar-refractivity contribution in [3.05, 3.63) is 103 Å². The summed E-state index contributed by atoms with van der Waals surface area (Å²) in [4.78, 5) is 28.9. The maximum absolute atomic E-state index is 12.3. The number of carbonyl (C=O) groups is 2. The average Bonchev–Trinajstić information content (AvgIpc) is 3.28. The predicted octanol–water partition coefficient (Wildman–Crippen LogP) is 5.17. The van der Waals surface area contributed by atoms with Gasteiger partial charge in [0.05, 0.1) is 6.20 Å². The predicted molar refractivity (Wildman–Crippen MR) is 120 cm³/mol. The maximum Gasteiger partial charge on any atom is 0.255 e.